The van der Waals surface area contributed by atoms with Crippen LogP contribution in [0.4, 0.5) is 0 Å². The predicted molar refractivity (Wildman–Crippen MR) is 66.6 cm³/mol. The van der Waals surface area contributed by atoms with Gasteiger partial charge in [-0.25, -0.2) is 0 Å². The van der Waals surface area contributed by atoms with Gasteiger partial charge in [-0.05, 0) is 12.8 Å². The molecular formula is C12H20N2OS. The molecule has 2 N–H and O–H groups in total. The second-order valence-corrected chi connectivity index (χ2v) is 5.58. The molecule has 1 unspecified atom stereocenters. The number of rotatable bonds is 4. The maximum Gasteiger partial charge on any atom is 0.0832 e. The molecule has 1 aliphatic carbocycles. The number of methoxy groups -OCH3 is 1. The Morgan fingerprint density at radius 3 is 2.81 bits per heavy atom. The van der Waals surface area contributed by atoms with E-state index < -0.39 is 0 Å². The minimum Gasteiger partial charge on any atom is -0.377 e. The molecular weight excluding hydrogens is 220 g/mol. The molecule has 4 heteroatoms. The molecule has 3 nitrogen and oxygen atoms in total. The normalized spacial score (nSPS) is 21.9. The molecule has 1 aromatic heterocycles. The zero-order valence-electron chi connectivity index (χ0n) is 9.82. The quantitative estimate of drug-likeness (QED) is 0.879. The highest BCUT2D eigenvalue weighted by molar-refractivity contribution is 7.09. The molecule has 0 aromatic carbocycles. The topological polar surface area (TPSA) is 48.1 Å². The van der Waals surface area contributed by atoms with Gasteiger partial charge in [0.15, 0.2) is 0 Å². The van der Waals surface area contributed by atoms with E-state index in [4.69, 9.17) is 10.5 Å². The first-order chi connectivity index (χ1) is 7.77. The van der Waals surface area contributed by atoms with Gasteiger partial charge in [0, 0.05) is 30.6 Å². The molecule has 0 amide bonds. The van der Waals surface area contributed by atoms with Gasteiger partial charge in [-0.2, -0.15) is 0 Å². The average Bonchev–Trinajstić information content (AvgIpc) is 2.82. The predicted octanol–water partition coefficient (Wildman–Crippen LogP) is 2.36. The van der Waals surface area contributed by atoms with Gasteiger partial charge in [-0.15, -0.1) is 11.3 Å². The van der Waals surface area contributed by atoms with Gasteiger partial charge in [0.2, 0.25) is 0 Å². The van der Waals surface area contributed by atoms with E-state index in [1.807, 2.05) is 11.7 Å². The highest BCUT2D eigenvalue weighted by atomic mass is 32.1. The van der Waals surface area contributed by atoms with Crippen LogP contribution in [-0.4, -0.2) is 23.7 Å². The van der Waals surface area contributed by atoms with Crippen LogP contribution in [0.2, 0.25) is 0 Å². The number of hydrogen-bond donors (Lipinski definition) is 1. The number of nitrogens with two attached hydrogens (primary N) is 1. The summed E-state index contributed by atoms with van der Waals surface area (Å²) in [5.41, 5.74) is 8.11. The molecule has 0 spiro atoms. The summed E-state index contributed by atoms with van der Waals surface area (Å²) in [6.45, 7) is 0. The first-order valence-corrected chi connectivity index (χ1v) is 6.83. The van der Waals surface area contributed by atoms with Gasteiger partial charge < -0.3 is 10.5 Å². The Morgan fingerprint density at radius 2 is 2.25 bits per heavy atom. The number of thiazole rings is 1. The Labute approximate surface area is 101 Å². The Balaban J connectivity index is 2.02. The molecule has 90 valence electrons. The van der Waals surface area contributed by atoms with Gasteiger partial charge in [-0.3, -0.25) is 4.98 Å². The summed E-state index contributed by atoms with van der Waals surface area (Å²) in [7, 11) is 1.80. The highest BCUT2D eigenvalue weighted by Crippen LogP contribution is 2.34. The monoisotopic (exact) mass is 240 g/mol. The van der Waals surface area contributed by atoms with Crippen molar-refractivity contribution in [3.8, 4) is 0 Å². The van der Waals surface area contributed by atoms with Crippen LogP contribution < -0.4 is 5.73 Å². The molecule has 0 saturated heterocycles. The SMILES string of the molecule is COC1(C(N)Cc2cncs2)CCCCC1. The van der Waals surface area contributed by atoms with E-state index >= 15 is 0 Å². The fourth-order valence-electron chi connectivity index (χ4n) is 2.62. The Bertz CT molecular complexity index is 307. The fourth-order valence-corrected chi connectivity index (χ4v) is 3.28. The van der Waals surface area contributed by atoms with Crippen molar-refractivity contribution in [2.24, 2.45) is 5.73 Å². The van der Waals surface area contributed by atoms with Crippen molar-refractivity contribution in [1.29, 1.82) is 0 Å². The van der Waals surface area contributed by atoms with Crippen LogP contribution in [0.15, 0.2) is 11.7 Å². The van der Waals surface area contributed by atoms with Gasteiger partial charge in [0.05, 0.1) is 11.1 Å². The van der Waals surface area contributed by atoms with Crippen molar-refractivity contribution < 1.29 is 4.74 Å². The summed E-state index contributed by atoms with van der Waals surface area (Å²) in [6, 6.07) is 0.0956. The van der Waals surface area contributed by atoms with Gasteiger partial charge in [0.1, 0.15) is 0 Å². The second kappa shape index (κ2) is 5.25. The third-order valence-electron chi connectivity index (χ3n) is 3.69. The zero-order valence-corrected chi connectivity index (χ0v) is 10.6. The Hall–Kier alpha value is -0.450. The average molecular weight is 240 g/mol. The lowest BCUT2D eigenvalue weighted by Gasteiger charge is -2.40. The van der Waals surface area contributed by atoms with E-state index in [0.29, 0.717) is 0 Å². The van der Waals surface area contributed by atoms with Crippen LogP contribution >= 0.6 is 11.3 Å². The van der Waals surface area contributed by atoms with E-state index in [2.05, 4.69) is 4.98 Å². The second-order valence-electron chi connectivity index (χ2n) is 4.61. The molecule has 2 rings (SSSR count). The van der Waals surface area contributed by atoms with E-state index in [1.165, 1.54) is 24.1 Å². The minimum absolute atomic E-state index is 0.0950. The maximum absolute atomic E-state index is 6.34. The van der Waals surface area contributed by atoms with Gasteiger partial charge in [-0.1, -0.05) is 19.3 Å². The molecule has 0 bridgehead atoms. The lowest BCUT2D eigenvalue weighted by molar-refractivity contribution is -0.0581. The van der Waals surface area contributed by atoms with Gasteiger partial charge >= 0.3 is 0 Å². The summed E-state index contributed by atoms with van der Waals surface area (Å²) in [5.74, 6) is 0. The fraction of sp³-hybridized carbons (Fsp3) is 0.750. The third kappa shape index (κ3) is 2.44. The van der Waals surface area contributed by atoms with Crippen LogP contribution in [0.3, 0.4) is 0 Å². The number of nitrogens with zero attached hydrogens (tertiary/aromatic N) is 1. The molecule has 1 aliphatic rings. The van der Waals surface area contributed by atoms with Crippen molar-refractivity contribution in [2.75, 3.05) is 7.11 Å². The standard InChI is InChI=1S/C12H20N2OS/c1-15-12(5-3-2-4-6-12)11(13)7-10-8-14-9-16-10/h8-9,11H,2-7,13H2,1H3. The van der Waals surface area contributed by atoms with E-state index in [-0.39, 0.29) is 11.6 Å². The first-order valence-electron chi connectivity index (χ1n) is 5.95. The molecule has 1 fully saturated rings. The summed E-state index contributed by atoms with van der Waals surface area (Å²) in [5, 5.41) is 0. The first kappa shape index (κ1) is 12.0. The molecule has 0 radical (unpaired) electrons. The Kier molecular flexibility index (Phi) is 3.95. The van der Waals surface area contributed by atoms with Crippen molar-refractivity contribution in [2.45, 2.75) is 50.2 Å². The lowest BCUT2D eigenvalue weighted by atomic mass is 9.78. The van der Waals surface area contributed by atoms with Crippen molar-refractivity contribution in [1.82, 2.24) is 4.98 Å². The summed E-state index contributed by atoms with van der Waals surface area (Å²) < 4.78 is 5.75. The van der Waals surface area contributed by atoms with Crippen LogP contribution in [-0.2, 0) is 11.2 Å². The van der Waals surface area contributed by atoms with Crippen molar-refractivity contribution >= 4 is 11.3 Å². The Morgan fingerprint density at radius 1 is 1.50 bits per heavy atom. The third-order valence-corrected chi connectivity index (χ3v) is 4.49. The maximum atomic E-state index is 6.34. The summed E-state index contributed by atoms with van der Waals surface area (Å²) in [4.78, 5) is 5.35. The van der Waals surface area contributed by atoms with E-state index in [1.54, 1.807) is 18.4 Å². The van der Waals surface area contributed by atoms with Crippen LogP contribution in [0, 0.1) is 0 Å². The highest BCUT2D eigenvalue weighted by Gasteiger charge is 2.38. The minimum atomic E-state index is -0.0950. The summed E-state index contributed by atoms with van der Waals surface area (Å²) >= 11 is 1.68. The smallest absolute Gasteiger partial charge is 0.0832 e. The van der Waals surface area contributed by atoms with Crippen LogP contribution in [0.1, 0.15) is 37.0 Å². The molecule has 1 heterocycles. The number of aromatic nitrogens is 1. The number of ether oxygens (including phenoxy) is 1. The van der Waals surface area contributed by atoms with Crippen LogP contribution in [0.5, 0.6) is 0 Å². The number of hydrogen-bond acceptors (Lipinski definition) is 4. The molecule has 1 aromatic rings. The lowest BCUT2D eigenvalue weighted by Crippen LogP contribution is -2.51. The molecule has 16 heavy (non-hydrogen) atoms. The van der Waals surface area contributed by atoms with E-state index in [9.17, 15) is 0 Å². The molecule has 1 atom stereocenters. The van der Waals surface area contributed by atoms with Crippen molar-refractivity contribution in [3.05, 3.63) is 16.6 Å². The van der Waals surface area contributed by atoms with Gasteiger partial charge in [0.25, 0.3) is 0 Å². The largest absolute Gasteiger partial charge is 0.377 e. The zero-order chi connectivity index (χ0) is 11.4. The van der Waals surface area contributed by atoms with Crippen LogP contribution in [0.25, 0.3) is 0 Å². The summed E-state index contributed by atoms with van der Waals surface area (Å²) in [6.07, 6.45) is 8.80. The molecule has 1 saturated carbocycles. The van der Waals surface area contributed by atoms with Crippen molar-refractivity contribution in [3.63, 3.8) is 0 Å². The van der Waals surface area contributed by atoms with E-state index in [0.717, 1.165) is 19.3 Å². The molecule has 0 aliphatic heterocycles.